The van der Waals surface area contributed by atoms with Crippen LogP contribution in [0.3, 0.4) is 0 Å². The van der Waals surface area contributed by atoms with E-state index in [2.05, 4.69) is 5.32 Å². The van der Waals surface area contributed by atoms with E-state index in [1.807, 2.05) is 0 Å². The molecule has 3 aliphatic heterocycles. The molecule has 0 aliphatic carbocycles. The van der Waals surface area contributed by atoms with Crippen LogP contribution in [0.1, 0.15) is 33.6 Å². The third-order valence-corrected chi connectivity index (χ3v) is 4.13. The van der Waals surface area contributed by atoms with E-state index in [0.717, 1.165) is 17.1 Å². The van der Waals surface area contributed by atoms with Crippen LogP contribution in [0.2, 0.25) is 0 Å². The lowest BCUT2D eigenvalue weighted by Gasteiger charge is -2.24. The largest absolute Gasteiger partial charge is 0.283 e. The number of hydrogen-bond donors (Lipinski definition) is 0. The van der Waals surface area contributed by atoms with Crippen molar-refractivity contribution in [1.82, 2.24) is 5.32 Å². The summed E-state index contributed by atoms with van der Waals surface area (Å²) in [7, 11) is 0. The summed E-state index contributed by atoms with van der Waals surface area (Å²) in [4.78, 5) is 73.9. The van der Waals surface area contributed by atoms with Gasteiger partial charge in [-0.25, -0.2) is 9.80 Å². The maximum atomic E-state index is 12.2. The summed E-state index contributed by atoms with van der Waals surface area (Å²) in [6.07, 6.45) is 1.95. The van der Waals surface area contributed by atoms with Crippen molar-refractivity contribution in [3.05, 3.63) is 35.4 Å². The maximum Gasteiger partial charge on any atom is 0.283 e. The van der Waals surface area contributed by atoms with Crippen LogP contribution in [0.5, 0.6) is 0 Å². The van der Waals surface area contributed by atoms with Crippen LogP contribution in [0, 0.1) is 0 Å². The number of anilines is 2. The van der Waals surface area contributed by atoms with Crippen LogP contribution in [0.25, 0.3) is 0 Å². The van der Waals surface area contributed by atoms with Crippen molar-refractivity contribution in [2.45, 2.75) is 12.8 Å². The lowest BCUT2D eigenvalue weighted by molar-refractivity contribution is -0.122. The van der Waals surface area contributed by atoms with Crippen molar-refractivity contribution < 1.29 is 28.8 Å². The fourth-order valence-corrected chi connectivity index (χ4v) is 3.06. The molecule has 0 saturated carbocycles. The fourth-order valence-electron chi connectivity index (χ4n) is 3.06. The smallest absolute Gasteiger partial charge is 0.274 e. The summed E-state index contributed by atoms with van der Waals surface area (Å²) in [5.74, 6) is -4.27. The molecule has 4 rings (SSSR count). The SMILES string of the molecule is O=C1[N]C(=O)c2c1ccc(N1C(=O)CCC1=O)c2N1C(=O)C=CC1=O. The maximum absolute atomic E-state index is 12.2. The Bertz CT molecular complexity index is 927. The molecule has 0 bridgehead atoms. The summed E-state index contributed by atoms with van der Waals surface area (Å²) in [6.45, 7) is 0. The molecule has 1 fully saturated rings. The molecule has 9 heteroatoms. The zero-order valence-electron chi connectivity index (χ0n) is 12.5. The summed E-state index contributed by atoms with van der Waals surface area (Å²) in [5.41, 5.74) is -0.702. The second kappa shape index (κ2) is 4.94. The van der Waals surface area contributed by atoms with Gasteiger partial charge in [0.25, 0.3) is 23.6 Å². The number of hydrogen-bond acceptors (Lipinski definition) is 6. The van der Waals surface area contributed by atoms with Gasteiger partial charge in [-0.15, -0.1) is 0 Å². The van der Waals surface area contributed by atoms with E-state index in [-0.39, 0.29) is 35.3 Å². The minimum atomic E-state index is -0.927. The topological polar surface area (TPSA) is 123 Å². The lowest BCUT2D eigenvalue weighted by Crippen LogP contribution is -2.36. The number of imide groups is 3. The van der Waals surface area contributed by atoms with Crippen LogP contribution in [-0.2, 0) is 19.2 Å². The Labute approximate surface area is 139 Å². The van der Waals surface area contributed by atoms with Crippen LogP contribution in [0.15, 0.2) is 24.3 Å². The molecule has 123 valence electrons. The highest BCUT2D eigenvalue weighted by molar-refractivity contribution is 6.35. The van der Waals surface area contributed by atoms with Crippen LogP contribution >= 0.6 is 0 Å². The number of amides is 6. The highest BCUT2D eigenvalue weighted by Crippen LogP contribution is 2.40. The van der Waals surface area contributed by atoms with Gasteiger partial charge in [0.05, 0.1) is 22.5 Å². The van der Waals surface area contributed by atoms with Crippen LogP contribution < -0.4 is 15.1 Å². The molecular weight excluding hydrogens is 330 g/mol. The number of fused-ring (bicyclic) bond motifs is 1. The first kappa shape index (κ1) is 14.9. The summed E-state index contributed by atoms with van der Waals surface area (Å²) in [6, 6.07) is 2.52. The molecule has 3 aliphatic rings. The van der Waals surface area contributed by atoms with Crippen molar-refractivity contribution in [2.24, 2.45) is 0 Å². The molecule has 0 spiro atoms. The van der Waals surface area contributed by atoms with Crippen molar-refractivity contribution >= 4 is 46.8 Å². The molecule has 6 amide bonds. The first-order valence-corrected chi connectivity index (χ1v) is 7.29. The van der Waals surface area contributed by atoms with Crippen LogP contribution in [-0.4, -0.2) is 35.4 Å². The molecule has 1 radical (unpaired) electrons. The van der Waals surface area contributed by atoms with Crippen molar-refractivity contribution in [2.75, 3.05) is 9.80 Å². The molecule has 1 aromatic carbocycles. The Hall–Kier alpha value is -3.62. The molecule has 3 heterocycles. The second-order valence-corrected chi connectivity index (χ2v) is 5.55. The molecule has 9 nitrogen and oxygen atoms in total. The Morgan fingerprint density at radius 3 is 1.96 bits per heavy atom. The summed E-state index contributed by atoms with van der Waals surface area (Å²) < 4.78 is 0. The van der Waals surface area contributed by atoms with Gasteiger partial charge in [0.1, 0.15) is 0 Å². The number of benzene rings is 1. The molecule has 0 unspecified atom stereocenters. The highest BCUT2D eigenvalue weighted by Gasteiger charge is 2.42. The normalized spacial score (nSPS) is 19.4. The van der Waals surface area contributed by atoms with Gasteiger partial charge in [0.15, 0.2) is 0 Å². The van der Waals surface area contributed by atoms with Gasteiger partial charge >= 0.3 is 0 Å². The van der Waals surface area contributed by atoms with Gasteiger partial charge < -0.3 is 0 Å². The minimum Gasteiger partial charge on any atom is -0.274 e. The molecular formula is C16H8N3O6. The van der Waals surface area contributed by atoms with E-state index in [0.29, 0.717) is 4.90 Å². The fraction of sp³-hybridized carbons (Fsp3) is 0.125. The van der Waals surface area contributed by atoms with E-state index in [1.54, 1.807) is 0 Å². The number of rotatable bonds is 2. The Kier molecular flexibility index (Phi) is 2.95. The first-order valence-electron chi connectivity index (χ1n) is 7.29. The third-order valence-electron chi connectivity index (χ3n) is 4.13. The molecule has 1 aromatic rings. The number of carbonyl (C=O) groups is 6. The average Bonchev–Trinajstić information content (AvgIpc) is 3.17. The van der Waals surface area contributed by atoms with Crippen molar-refractivity contribution in [1.29, 1.82) is 0 Å². The monoisotopic (exact) mass is 338 g/mol. The Morgan fingerprint density at radius 1 is 0.760 bits per heavy atom. The standard InChI is InChI=1S/C16H8N3O6/c20-9-3-4-10(21)18(9)8-2-1-7-13(16(25)17-15(7)24)14(8)19-11(22)5-6-12(19)23/h1-2,5-6H,3-4H2. The van der Waals surface area contributed by atoms with Gasteiger partial charge in [0.2, 0.25) is 11.8 Å². The number of nitrogens with zero attached hydrogens (tertiary/aromatic N) is 3. The van der Waals surface area contributed by atoms with Crippen molar-refractivity contribution in [3.8, 4) is 0 Å². The molecule has 0 atom stereocenters. The van der Waals surface area contributed by atoms with Gasteiger partial charge in [0, 0.05) is 25.0 Å². The summed E-state index contributed by atoms with van der Waals surface area (Å²) >= 11 is 0. The highest BCUT2D eigenvalue weighted by atomic mass is 16.2. The molecule has 0 aromatic heterocycles. The Morgan fingerprint density at radius 2 is 1.36 bits per heavy atom. The average molecular weight is 338 g/mol. The first-order chi connectivity index (χ1) is 11.9. The molecule has 0 N–H and O–H groups in total. The van der Waals surface area contributed by atoms with Crippen LogP contribution in [0.4, 0.5) is 11.4 Å². The van der Waals surface area contributed by atoms with Gasteiger partial charge in [-0.3, -0.25) is 28.8 Å². The molecule has 1 saturated heterocycles. The van der Waals surface area contributed by atoms with Crippen molar-refractivity contribution in [3.63, 3.8) is 0 Å². The minimum absolute atomic E-state index is 0.0211. The predicted octanol–water partition coefficient (Wildman–Crippen LogP) is -0.332. The molecule has 25 heavy (non-hydrogen) atoms. The zero-order chi connectivity index (χ0) is 17.9. The van der Waals surface area contributed by atoms with Gasteiger partial charge in [-0.05, 0) is 12.1 Å². The lowest BCUT2D eigenvalue weighted by atomic mass is 10.0. The van der Waals surface area contributed by atoms with E-state index >= 15 is 0 Å². The predicted molar refractivity (Wildman–Crippen MR) is 80.6 cm³/mol. The quantitative estimate of drug-likeness (QED) is 0.680. The van der Waals surface area contributed by atoms with E-state index in [9.17, 15) is 28.8 Å². The van der Waals surface area contributed by atoms with E-state index in [1.165, 1.54) is 12.1 Å². The van der Waals surface area contributed by atoms with E-state index in [4.69, 9.17) is 0 Å². The number of carbonyl (C=O) groups excluding carboxylic acids is 6. The van der Waals surface area contributed by atoms with E-state index < -0.39 is 35.4 Å². The van der Waals surface area contributed by atoms with Gasteiger partial charge in [-0.1, -0.05) is 0 Å². The Balaban J connectivity index is 2.02. The zero-order valence-corrected chi connectivity index (χ0v) is 12.5. The second-order valence-electron chi connectivity index (χ2n) is 5.55. The third kappa shape index (κ3) is 1.95. The summed E-state index contributed by atoms with van der Waals surface area (Å²) in [5, 5.41) is 3.31. The van der Waals surface area contributed by atoms with Gasteiger partial charge in [-0.2, -0.15) is 5.32 Å².